The molecule has 7 heteroatoms. The number of pyridine rings is 1. The van der Waals surface area contributed by atoms with Crippen molar-refractivity contribution in [2.24, 2.45) is 0 Å². The van der Waals surface area contributed by atoms with E-state index in [-0.39, 0.29) is 33.6 Å². The Morgan fingerprint density at radius 1 is 1.48 bits per heavy atom. The van der Waals surface area contributed by atoms with Crippen LogP contribution in [0.25, 0.3) is 10.9 Å². The van der Waals surface area contributed by atoms with E-state index in [1.54, 1.807) is 11.5 Å². The maximum Gasteiger partial charge on any atom is 0.343 e. The Labute approximate surface area is 139 Å². The number of nitrogens with zero attached hydrogens (tertiary/aromatic N) is 1. The van der Waals surface area contributed by atoms with E-state index in [1.165, 1.54) is 6.20 Å². The molecule has 122 valence electrons. The number of hydrogen-bond donors (Lipinski definition) is 0. The smallest absolute Gasteiger partial charge is 0.343 e. The number of halogens is 3. The van der Waals surface area contributed by atoms with Gasteiger partial charge in [-0.05, 0) is 41.8 Å². The number of rotatable bonds is 4. The summed E-state index contributed by atoms with van der Waals surface area (Å²) in [7, 11) is 0. The monoisotopic (exact) mass is 385 g/mol. The van der Waals surface area contributed by atoms with E-state index in [9.17, 15) is 18.4 Å². The molecule has 0 amide bonds. The zero-order valence-electron chi connectivity index (χ0n) is 12.4. The molecule has 1 fully saturated rings. The van der Waals surface area contributed by atoms with Crippen LogP contribution >= 0.6 is 15.9 Å². The van der Waals surface area contributed by atoms with Gasteiger partial charge in [0.25, 0.3) is 0 Å². The van der Waals surface area contributed by atoms with Gasteiger partial charge in [-0.15, -0.1) is 0 Å². The average Bonchev–Trinajstić information content (AvgIpc) is 3.35. The van der Waals surface area contributed by atoms with Crippen molar-refractivity contribution in [3.63, 3.8) is 0 Å². The van der Waals surface area contributed by atoms with E-state index in [0.29, 0.717) is 5.52 Å². The van der Waals surface area contributed by atoms with Crippen molar-refractivity contribution in [1.29, 1.82) is 0 Å². The van der Waals surface area contributed by atoms with Crippen LogP contribution in [0.15, 0.2) is 21.5 Å². The maximum atomic E-state index is 14.0. The average molecular weight is 386 g/mol. The third-order valence-corrected chi connectivity index (χ3v) is 4.73. The lowest BCUT2D eigenvalue weighted by Crippen LogP contribution is -2.21. The fraction of sp³-hybridized carbons (Fsp3) is 0.375. The first kappa shape index (κ1) is 16.1. The van der Waals surface area contributed by atoms with Crippen molar-refractivity contribution in [3.05, 3.63) is 43.9 Å². The Kier molecular flexibility index (Phi) is 4.23. The van der Waals surface area contributed by atoms with Crippen LogP contribution in [0, 0.1) is 5.82 Å². The van der Waals surface area contributed by atoms with Crippen LogP contribution in [0.2, 0.25) is 0 Å². The summed E-state index contributed by atoms with van der Waals surface area (Å²) in [5.41, 5.74) is -0.380. The van der Waals surface area contributed by atoms with E-state index < -0.39 is 23.9 Å². The highest BCUT2D eigenvalue weighted by molar-refractivity contribution is 9.10. The minimum absolute atomic E-state index is 0.00389. The van der Waals surface area contributed by atoms with Crippen molar-refractivity contribution in [2.75, 3.05) is 6.61 Å². The number of alkyl halides is 1. The standard InChI is InChI=1S/C16H14BrF2NO3/c1-2-23-16(22)11-7-20(8-3-4-8)14-9(15(11)21)5-12(19)13(17)10(14)6-18/h5,7-8H,2-4,6H2,1H3. The molecule has 1 aliphatic carbocycles. The van der Waals surface area contributed by atoms with Crippen molar-refractivity contribution in [3.8, 4) is 0 Å². The third-order valence-electron chi connectivity index (χ3n) is 3.87. The highest BCUT2D eigenvalue weighted by Gasteiger charge is 2.29. The SMILES string of the molecule is CCOC(=O)c1cn(C2CC2)c2c(CF)c(Br)c(F)cc2c1=O. The molecule has 1 heterocycles. The minimum atomic E-state index is -0.917. The molecule has 1 saturated carbocycles. The Balaban J connectivity index is 2.40. The highest BCUT2D eigenvalue weighted by Crippen LogP contribution is 2.39. The number of benzene rings is 1. The van der Waals surface area contributed by atoms with Crippen LogP contribution < -0.4 is 5.43 Å². The summed E-state index contributed by atoms with van der Waals surface area (Å²) < 4.78 is 34.1. The first-order chi connectivity index (χ1) is 11.0. The van der Waals surface area contributed by atoms with Gasteiger partial charge in [0.15, 0.2) is 0 Å². The molecule has 0 unspecified atom stereocenters. The molecule has 0 bridgehead atoms. The van der Waals surface area contributed by atoms with Gasteiger partial charge in [-0.1, -0.05) is 0 Å². The Morgan fingerprint density at radius 2 is 2.17 bits per heavy atom. The normalized spacial score (nSPS) is 14.3. The van der Waals surface area contributed by atoms with Crippen molar-refractivity contribution < 1.29 is 18.3 Å². The van der Waals surface area contributed by atoms with E-state index in [1.807, 2.05) is 0 Å². The summed E-state index contributed by atoms with van der Waals surface area (Å²) in [5, 5.41) is -0.00389. The zero-order chi connectivity index (χ0) is 16.7. The van der Waals surface area contributed by atoms with Crippen molar-refractivity contribution >= 4 is 32.8 Å². The second-order valence-electron chi connectivity index (χ2n) is 5.41. The van der Waals surface area contributed by atoms with Crippen molar-refractivity contribution in [1.82, 2.24) is 4.57 Å². The molecule has 0 spiro atoms. The van der Waals surface area contributed by atoms with Crippen LogP contribution in [0.4, 0.5) is 8.78 Å². The number of ether oxygens (including phenoxy) is 1. The second-order valence-corrected chi connectivity index (χ2v) is 6.20. The number of carbonyl (C=O) groups is 1. The fourth-order valence-corrected chi connectivity index (χ4v) is 3.07. The van der Waals surface area contributed by atoms with Crippen LogP contribution in [0.5, 0.6) is 0 Å². The van der Waals surface area contributed by atoms with Gasteiger partial charge in [0.1, 0.15) is 18.1 Å². The van der Waals surface area contributed by atoms with E-state index in [2.05, 4.69) is 15.9 Å². The fourth-order valence-electron chi connectivity index (χ4n) is 2.66. The predicted molar refractivity (Wildman–Crippen MR) is 84.9 cm³/mol. The van der Waals surface area contributed by atoms with Gasteiger partial charge in [-0.25, -0.2) is 13.6 Å². The van der Waals surface area contributed by atoms with Gasteiger partial charge in [0, 0.05) is 23.2 Å². The molecule has 0 saturated heterocycles. The largest absolute Gasteiger partial charge is 0.462 e. The first-order valence-electron chi connectivity index (χ1n) is 7.28. The Morgan fingerprint density at radius 3 is 2.74 bits per heavy atom. The molecular weight excluding hydrogens is 372 g/mol. The van der Waals surface area contributed by atoms with E-state index in [4.69, 9.17) is 4.74 Å². The quantitative estimate of drug-likeness (QED) is 0.750. The molecule has 1 aromatic heterocycles. The molecule has 3 rings (SSSR count). The molecule has 4 nitrogen and oxygen atoms in total. The first-order valence-corrected chi connectivity index (χ1v) is 8.07. The number of esters is 1. The van der Waals surface area contributed by atoms with Crippen LogP contribution in [0.1, 0.15) is 41.7 Å². The lowest BCUT2D eigenvalue weighted by atomic mass is 10.1. The molecule has 1 aromatic carbocycles. The summed E-state index contributed by atoms with van der Waals surface area (Å²) in [5.74, 6) is -1.48. The molecule has 1 aliphatic rings. The summed E-state index contributed by atoms with van der Waals surface area (Å²) in [6, 6.07) is 1.12. The van der Waals surface area contributed by atoms with E-state index in [0.717, 1.165) is 18.9 Å². The summed E-state index contributed by atoms with van der Waals surface area (Å²) in [4.78, 5) is 24.6. The lowest BCUT2D eigenvalue weighted by molar-refractivity contribution is 0.0524. The second kappa shape index (κ2) is 6.03. The highest BCUT2D eigenvalue weighted by atomic mass is 79.9. The Hall–Kier alpha value is -1.76. The van der Waals surface area contributed by atoms with Gasteiger partial charge >= 0.3 is 5.97 Å². The molecule has 2 aromatic rings. The topological polar surface area (TPSA) is 48.3 Å². The van der Waals surface area contributed by atoms with Gasteiger partial charge < -0.3 is 9.30 Å². The van der Waals surface area contributed by atoms with Gasteiger partial charge in [-0.2, -0.15) is 0 Å². The van der Waals surface area contributed by atoms with Gasteiger partial charge in [0.2, 0.25) is 5.43 Å². The predicted octanol–water partition coefficient (Wildman–Crippen LogP) is 3.88. The van der Waals surface area contributed by atoms with Crippen LogP contribution in [0.3, 0.4) is 0 Å². The molecule has 0 aliphatic heterocycles. The van der Waals surface area contributed by atoms with Crippen LogP contribution in [-0.2, 0) is 11.4 Å². The molecule has 0 atom stereocenters. The Bertz CT molecular complexity index is 859. The number of carbonyl (C=O) groups excluding carboxylic acids is 1. The third kappa shape index (κ3) is 2.67. The lowest BCUT2D eigenvalue weighted by Gasteiger charge is -2.16. The van der Waals surface area contributed by atoms with Gasteiger partial charge in [0.05, 0.1) is 16.6 Å². The molecule has 23 heavy (non-hydrogen) atoms. The molecular formula is C16H14BrF2NO3. The number of hydrogen-bond acceptors (Lipinski definition) is 3. The summed E-state index contributed by atoms with van der Waals surface area (Å²) in [6.07, 6.45) is 3.13. The minimum Gasteiger partial charge on any atom is -0.462 e. The number of fused-ring (bicyclic) bond motifs is 1. The van der Waals surface area contributed by atoms with Crippen LogP contribution in [-0.4, -0.2) is 17.1 Å². The zero-order valence-corrected chi connectivity index (χ0v) is 14.0. The molecule has 0 N–H and O–H groups in total. The molecule has 0 radical (unpaired) electrons. The van der Waals surface area contributed by atoms with E-state index >= 15 is 0 Å². The number of aromatic nitrogens is 1. The van der Waals surface area contributed by atoms with Crippen molar-refractivity contribution in [2.45, 2.75) is 32.5 Å². The summed E-state index contributed by atoms with van der Waals surface area (Å²) >= 11 is 3.04. The maximum absolute atomic E-state index is 14.0. The van der Waals surface area contributed by atoms with Gasteiger partial charge in [-0.3, -0.25) is 4.79 Å². The summed E-state index contributed by atoms with van der Waals surface area (Å²) in [6.45, 7) is 0.847.